The van der Waals surface area contributed by atoms with Crippen LogP contribution in [0.4, 0.5) is 13.2 Å². The minimum atomic E-state index is -4.50. The van der Waals surface area contributed by atoms with Crippen molar-refractivity contribution >= 4 is 28.9 Å². The Bertz CT molecular complexity index is 1740. The Kier molecular flexibility index (Phi) is 7.24. The second-order valence-electron chi connectivity index (χ2n) is 8.56. The van der Waals surface area contributed by atoms with Crippen molar-refractivity contribution in [1.82, 2.24) is 9.47 Å². The molecule has 2 aromatic heterocycles. The summed E-state index contributed by atoms with van der Waals surface area (Å²) >= 11 is 0.960. The van der Waals surface area contributed by atoms with E-state index < -0.39 is 23.2 Å². The van der Waals surface area contributed by atoms with Gasteiger partial charge in [-0.1, -0.05) is 30.3 Å². The molecule has 1 saturated heterocycles. The van der Waals surface area contributed by atoms with E-state index in [0.29, 0.717) is 32.0 Å². The van der Waals surface area contributed by atoms with Crippen LogP contribution in [0.1, 0.15) is 11.3 Å². The van der Waals surface area contributed by atoms with E-state index in [1.807, 2.05) is 6.07 Å². The third-order valence-electron chi connectivity index (χ3n) is 6.05. The van der Waals surface area contributed by atoms with Gasteiger partial charge in [0.25, 0.3) is 11.5 Å². The number of halogens is 3. The van der Waals surface area contributed by atoms with E-state index in [-0.39, 0.29) is 31.9 Å². The highest BCUT2D eigenvalue weighted by Crippen LogP contribution is 2.32. The van der Waals surface area contributed by atoms with Crippen molar-refractivity contribution in [3.8, 4) is 23.1 Å². The fraction of sp³-hybridized carbons (Fsp3) is 0.179. The molecule has 5 rings (SSSR count). The molecule has 0 unspecified atom stereocenters. The molecular weight excluding hydrogens is 531 g/mol. The molecule has 198 valence electrons. The number of alkyl halides is 3. The topological polar surface area (TPSA) is 88.5 Å². The molecule has 7 nitrogen and oxygen atoms in total. The van der Waals surface area contributed by atoms with E-state index in [4.69, 9.17) is 9.15 Å². The number of carbonyl (C=O) groups is 1. The predicted octanol–water partition coefficient (Wildman–Crippen LogP) is 3.54. The quantitative estimate of drug-likeness (QED) is 0.387. The Hall–Kier alpha value is -4.40. The molecule has 0 radical (unpaired) electrons. The van der Waals surface area contributed by atoms with Crippen LogP contribution in [-0.4, -0.2) is 41.7 Å². The van der Waals surface area contributed by atoms with Gasteiger partial charge in [-0.05, 0) is 36.4 Å². The fourth-order valence-corrected chi connectivity index (χ4v) is 5.21. The van der Waals surface area contributed by atoms with E-state index in [2.05, 4.69) is 0 Å². The first kappa shape index (κ1) is 26.2. The highest BCUT2D eigenvalue weighted by Gasteiger charge is 2.30. The molecule has 0 aliphatic carbocycles. The SMILES string of the molecule is N#C/C(C(=O)N1CCOCC1)=c1/s/c(=C/c2ccc(-c3cccc(C(F)(F)F)c3)o2)c(=O)n1-c1ccccc1. The van der Waals surface area contributed by atoms with Gasteiger partial charge < -0.3 is 14.1 Å². The van der Waals surface area contributed by atoms with E-state index >= 15 is 0 Å². The zero-order valence-electron chi connectivity index (χ0n) is 20.3. The lowest BCUT2D eigenvalue weighted by atomic mass is 10.1. The van der Waals surface area contributed by atoms with Crippen molar-refractivity contribution in [2.45, 2.75) is 6.18 Å². The highest BCUT2D eigenvalue weighted by molar-refractivity contribution is 7.07. The summed E-state index contributed by atoms with van der Waals surface area (Å²) in [6.45, 7) is 1.36. The summed E-state index contributed by atoms with van der Waals surface area (Å²) in [5.41, 5.74) is -0.748. The van der Waals surface area contributed by atoms with Crippen LogP contribution in [0.2, 0.25) is 0 Å². The van der Waals surface area contributed by atoms with Crippen molar-refractivity contribution in [3.63, 3.8) is 0 Å². The minimum Gasteiger partial charge on any atom is -0.457 e. The number of ether oxygens (including phenoxy) is 1. The summed E-state index contributed by atoms with van der Waals surface area (Å²) in [5.74, 6) is -0.0760. The number of furan rings is 1. The molecule has 1 aliphatic heterocycles. The van der Waals surface area contributed by atoms with Gasteiger partial charge in [-0.25, -0.2) is 0 Å². The molecule has 3 heterocycles. The lowest BCUT2D eigenvalue weighted by Crippen LogP contribution is -2.42. The van der Waals surface area contributed by atoms with Gasteiger partial charge in [0, 0.05) is 24.7 Å². The first-order valence-electron chi connectivity index (χ1n) is 11.8. The molecule has 1 fully saturated rings. The van der Waals surface area contributed by atoms with Crippen LogP contribution in [-0.2, 0) is 15.7 Å². The average molecular weight is 552 g/mol. The Labute approximate surface area is 223 Å². The summed E-state index contributed by atoms with van der Waals surface area (Å²) in [6, 6.07) is 18.4. The normalized spacial score (nSPS) is 15.2. The maximum Gasteiger partial charge on any atom is 0.416 e. The lowest BCUT2D eigenvalue weighted by molar-refractivity contribution is -0.137. The second-order valence-corrected chi connectivity index (χ2v) is 9.59. The van der Waals surface area contributed by atoms with E-state index in [0.717, 1.165) is 23.5 Å². The number of nitriles is 1. The first-order chi connectivity index (χ1) is 18.8. The zero-order valence-corrected chi connectivity index (χ0v) is 21.1. The van der Waals surface area contributed by atoms with E-state index in [1.165, 1.54) is 39.8 Å². The molecule has 11 heteroatoms. The van der Waals surface area contributed by atoms with Crippen molar-refractivity contribution in [2.75, 3.05) is 26.3 Å². The molecule has 0 atom stereocenters. The molecule has 1 aliphatic rings. The van der Waals surface area contributed by atoms with Gasteiger partial charge in [-0.2, -0.15) is 18.4 Å². The van der Waals surface area contributed by atoms with Crippen LogP contribution in [0.15, 0.2) is 75.9 Å². The van der Waals surface area contributed by atoms with Gasteiger partial charge in [0.05, 0.1) is 29.0 Å². The van der Waals surface area contributed by atoms with Gasteiger partial charge in [0.15, 0.2) is 5.57 Å². The number of rotatable bonds is 4. The number of hydrogen-bond acceptors (Lipinski definition) is 6. The molecule has 4 aromatic rings. The maximum atomic E-state index is 13.6. The minimum absolute atomic E-state index is 0.168. The number of benzene rings is 2. The van der Waals surface area contributed by atoms with Crippen molar-refractivity contribution < 1.29 is 27.1 Å². The van der Waals surface area contributed by atoms with Crippen LogP contribution < -0.4 is 14.8 Å². The van der Waals surface area contributed by atoms with Crippen molar-refractivity contribution in [3.05, 3.63) is 97.6 Å². The third kappa shape index (κ3) is 5.43. The summed E-state index contributed by atoms with van der Waals surface area (Å²) in [4.78, 5) is 28.3. The average Bonchev–Trinajstić information content (AvgIpc) is 3.54. The van der Waals surface area contributed by atoms with Crippen molar-refractivity contribution in [2.24, 2.45) is 0 Å². The summed E-state index contributed by atoms with van der Waals surface area (Å²) < 4.78 is 52.1. The summed E-state index contributed by atoms with van der Waals surface area (Å²) in [6.07, 6.45) is -3.05. The monoisotopic (exact) mass is 551 g/mol. The Balaban J connectivity index is 1.64. The summed E-state index contributed by atoms with van der Waals surface area (Å²) in [5, 5.41) is 9.97. The number of para-hydroxylation sites is 1. The third-order valence-corrected chi connectivity index (χ3v) is 7.14. The number of nitrogens with zero attached hydrogens (tertiary/aromatic N) is 3. The molecule has 1 amide bonds. The van der Waals surface area contributed by atoms with Crippen LogP contribution in [0.25, 0.3) is 28.7 Å². The van der Waals surface area contributed by atoms with E-state index in [9.17, 15) is 28.0 Å². The van der Waals surface area contributed by atoms with Gasteiger partial charge in [-0.3, -0.25) is 14.2 Å². The Morgan fingerprint density at radius 3 is 2.46 bits per heavy atom. The zero-order chi connectivity index (χ0) is 27.6. The predicted molar refractivity (Wildman–Crippen MR) is 138 cm³/mol. The van der Waals surface area contributed by atoms with Gasteiger partial charge in [-0.15, -0.1) is 11.3 Å². The van der Waals surface area contributed by atoms with E-state index in [1.54, 1.807) is 30.3 Å². The number of hydrogen-bond donors (Lipinski definition) is 0. The molecule has 0 N–H and O–H groups in total. The Morgan fingerprint density at radius 2 is 1.77 bits per heavy atom. The van der Waals surface area contributed by atoms with Crippen LogP contribution >= 0.6 is 11.3 Å². The van der Waals surface area contributed by atoms with Gasteiger partial charge in [0.1, 0.15) is 22.3 Å². The van der Waals surface area contributed by atoms with Crippen LogP contribution in [0, 0.1) is 11.3 Å². The maximum absolute atomic E-state index is 13.6. The van der Waals surface area contributed by atoms with Crippen LogP contribution in [0.5, 0.6) is 0 Å². The van der Waals surface area contributed by atoms with Crippen LogP contribution in [0.3, 0.4) is 0 Å². The molecule has 2 aromatic carbocycles. The van der Waals surface area contributed by atoms with Gasteiger partial charge >= 0.3 is 6.18 Å². The fourth-order valence-electron chi connectivity index (χ4n) is 4.14. The largest absolute Gasteiger partial charge is 0.457 e. The molecule has 39 heavy (non-hydrogen) atoms. The van der Waals surface area contributed by atoms with Crippen molar-refractivity contribution in [1.29, 1.82) is 5.26 Å². The molecule has 0 bridgehead atoms. The number of thiazole rings is 1. The lowest BCUT2D eigenvalue weighted by Gasteiger charge is -2.26. The number of aromatic nitrogens is 1. The second kappa shape index (κ2) is 10.8. The molecular formula is C28H20F3N3O4S. The Morgan fingerprint density at radius 1 is 1.03 bits per heavy atom. The number of carbonyl (C=O) groups excluding carboxylic acids is 1. The highest BCUT2D eigenvalue weighted by atomic mass is 32.1. The van der Waals surface area contributed by atoms with Gasteiger partial charge in [0.2, 0.25) is 0 Å². The summed E-state index contributed by atoms with van der Waals surface area (Å²) in [7, 11) is 0. The smallest absolute Gasteiger partial charge is 0.416 e. The molecule has 0 spiro atoms. The number of morpholine rings is 1. The first-order valence-corrected chi connectivity index (χ1v) is 12.7. The number of amides is 1. The standard InChI is InChI=1S/C28H20F3N3O4S/c29-28(30,31)19-6-4-5-18(15-19)23-10-9-21(38-23)16-24-26(36)34(20-7-2-1-3-8-20)27(39-24)22(17-32)25(35)33-11-13-37-14-12-33/h1-10,15-16H,11-14H2/b24-16+,27-22-. The molecule has 0 saturated carbocycles.